The number of nitrogens with one attached hydrogen (secondary N) is 1. The van der Waals surface area contributed by atoms with Gasteiger partial charge in [0.15, 0.2) is 5.65 Å². The first-order valence-corrected chi connectivity index (χ1v) is 5.14. The molecule has 0 saturated carbocycles. The predicted molar refractivity (Wildman–Crippen MR) is 60.2 cm³/mol. The van der Waals surface area contributed by atoms with E-state index in [4.69, 9.17) is 5.73 Å². The van der Waals surface area contributed by atoms with Crippen LogP contribution in [0.2, 0.25) is 0 Å². The lowest BCUT2D eigenvalue weighted by Crippen LogP contribution is -2.35. The summed E-state index contributed by atoms with van der Waals surface area (Å²) < 4.78 is 27.5. The van der Waals surface area contributed by atoms with Crippen molar-refractivity contribution < 1.29 is 8.78 Å². The van der Waals surface area contributed by atoms with E-state index in [1.165, 1.54) is 10.8 Å². The first-order valence-electron chi connectivity index (χ1n) is 5.14. The standard InChI is InChI=1S/C10H13F2N5/c1-7-2-8(14-5-10(11,12)4-13)17-9(3-7)15-6-16-17/h2-3,6,14H,4-5,13H2,1H3. The highest BCUT2D eigenvalue weighted by atomic mass is 19.3. The van der Waals surface area contributed by atoms with Crippen molar-refractivity contribution in [2.24, 2.45) is 5.73 Å². The van der Waals surface area contributed by atoms with Crippen LogP contribution in [0, 0.1) is 6.92 Å². The Morgan fingerprint density at radius 3 is 2.94 bits per heavy atom. The van der Waals surface area contributed by atoms with E-state index in [0.29, 0.717) is 11.5 Å². The zero-order valence-corrected chi connectivity index (χ0v) is 9.32. The van der Waals surface area contributed by atoms with Crippen LogP contribution in [0.3, 0.4) is 0 Å². The molecule has 0 unspecified atom stereocenters. The summed E-state index contributed by atoms with van der Waals surface area (Å²) >= 11 is 0. The molecule has 3 N–H and O–H groups in total. The molecule has 0 radical (unpaired) electrons. The lowest BCUT2D eigenvalue weighted by Gasteiger charge is -2.16. The summed E-state index contributed by atoms with van der Waals surface area (Å²) in [6.45, 7) is 0.648. The fraction of sp³-hybridized carbons (Fsp3) is 0.400. The van der Waals surface area contributed by atoms with Gasteiger partial charge in [-0.1, -0.05) is 0 Å². The molecule has 5 nitrogen and oxygen atoms in total. The van der Waals surface area contributed by atoms with E-state index in [-0.39, 0.29) is 0 Å². The molecule has 0 atom stereocenters. The van der Waals surface area contributed by atoms with Gasteiger partial charge in [0.05, 0.1) is 13.1 Å². The third kappa shape index (κ3) is 2.50. The normalized spacial score (nSPS) is 12.0. The van der Waals surface area contributed by atoms with Gasteiger partial charge < -0.3 is 11.1 Å². The Labute approximate surface area is 96.6 Å². The summed E-state index contributed by atoms with van der Waals surface area (Å²) in [4.78, 5) is 4.00. The van der Waals surface area contributed by atoms with Crippen molar-refractivity contribution in [1.29, 1.82) is 0 Å². The minimum atomic E-state index is -2.93. The highest BCUT2D eigenvalue weighted by molar-refractivity contribution is 5.51. The average Bonchev–Trinajstić information content (AvgIpc) is 2.73. The fourth-order valence-electron chi connectivity index (χ4n) is 1.47. The third-order valence-corrected chi connectivity index (χ3v) is 2.35. The lowest BCUT2D eigenvalue weighted by molar-refractivity contribution is 0.0252. The summed E-state index contributed by atoms with van der Waals surface area (Å²) in [5.41, 5.74) is 6.50. The van der Waals surface area contributed by atoms with Crippen molar-refractivity contribution in [1.82, 2.24) is 14.6 Å². The molecule has 17 heavy (non-hydrogen) atoms. The van der Waals surface area contributed by atoms with E-state index in [1.807, 2.05) is 13.0 Å². The average molecular weight is 241 g/mol. The molecule has 2 aromatic heterocycles. The Hall–Kier alpha value is -1.76. The van der Waals surface area contributed by atoms with Gasteiger partial charge >= 0.3 is 0 Å². The maximum Gasteiger partial charge on any atom is 0.276 e. The molecular weight excluding hydrogens is 228 g/mol. The second-order valence-corrected chi connectivity index (χ2v) is 3.86. The van der Waals surface area contributed by atoms with Crippen molar-refractivity contribution in [2.75, 3.05) is 18.4 Å². The molecule has 2 aromatic rings. The molecule has 2 heterocycles. The van der Waals surface area contributed by atoms with E-state index in [1.54, 1.807) is 6.07 Å². The van der Waals surface area contributed by atoms with Gasteiger partial charge in [-0.15, -0.1) is 0 Å². The van der Waals surface area contributed by atoms with Crippen LogP contribution in [0.1, 0.15) is 5.56 Å². The largest absolute Gasteiger partial charge is 0.364 e. The number of aryl methyl sites for hydroxylation is 1. The van der Waals surface area contributed by atoms with Gasteiger partial charge in [-0.2, -0.15) is 9.61 Å². The minimum Gasteiger partial charge on any atom is -0.364 e. The van der Waals surface area contributed by atoms with E-state index in [9.17, 15) is 8.78 Å². The van der Waals surface area contributed by atoms with Crippen molar-refractivity contribution in [3.63, 3.8) is 0 Å². The topological polar surface area (TPSA) is 68.2 Å². The number of nitrogens with two attached hydrogens (primary N) is 1. The summed E-state index contributed by atoms with van der Waals surface area (Å²) in [7, 11) is 0. The summed E-state index contributed by atoms with van der Waals surface area (Å²) in [6.07, 6.45) is 1.38. The monoisotopic (exact) mass is 241 g/mol. The molecule has 0 aliphatic rings. The highest BCUT2D eigenvalue weighted by Gasteiger charge is 2.26. The van der Waals surface area contributed by atoms with Gasteiger partial charge in [-0.25, -0.2) is 13.8 Å². The molecule has 0 amide bonds. The van der Waals surface area contributed by atoms with Crippen LogP contribution in [0.4, 0.5) is 14.6 Å². The van der Waals surface area contributed by atoms with Crippen LogP contribution in [0.25, 0.3) is 5.65 Å². The van der Waals surface area contributed by atoms with Gasteiger partial charge in [-0.3, -0.25) is 0 Å². The highest BCUT2D eigenvalue weighted by Crippen LogP contribution is 2.16. The van der Waals surface area contributed by atoms with Gasteiger partial charge in [0.1, 0.15) is 12.1 Å². The Kier molecular flexibility index (Phi) is 2.93. The number of hydrogen-bond acceptors (Lipinski definition) is 4. The molecule has 0 spiro atoms. The van der Waals surface area contributed by atoms with Crippen molar-refractivity contribution in [3.8, 4) is 0 Å². The van der Waals surface area contributed by atoms with E-state index < -0.39 is 19.0 Å². The van der Waals surface area contributed by atoms with E-state index >= 15 is 0 Å². The molecule has 0 fully saturated rings. The lowest BCUT2D eigenvalue weighted by atomic mass is 10.3. The van der Waals surface area contributed by atoms with Crippen LogP contribution in [-0.2, 0) is 0 Å². The van der Waals surface area contributed by atoms with E-state index in [2.05, 4.69) is 15.4 Å². The molecular formula is C10H13F2N5. The molecule has 0 saturated heterocycles. The Morgan fingerprint density at radius 2 is 2.24 bits per heavy atom. The molecule has 0 aliphatic heterocycles. The van der Waals surface area contributed by atoms with Crippen LogP contribution in [0.5, 0.6) is 0 Å². The van der Waals surface area contributed by atoms with Gasteiger partial charge in [-0.05, 0) is 24.6 Å². The van der Waals surface area contributed by atoms with Crippen molar-refractivity contribution >= 4 is 11.5 Å². The predicted octanol–water partition coefficient (Wildman–Crippen LogP) is 1.04. The first kappa shape index (κ1) is 11.7. The van der Waals surface area contributed by atoms with Crippen LogP contribution in [0.15, 0.2) is 18.5 Å². The number of nitrogens with zero attached hydrogens (tertiary/aromatic N) is 3. The first-order chi connectivity index (χ1) is 8.02. The van der Waals surface area contributed by atoms with Gasteiger partial charge in [0, 0.05) is 0 Å². The summed E-state index contributed by atoms with van der Waals surface area (Å²) in [5, 5.41) is 6.59. The Morgan fingerprint density at radius 1 is 1.47 bits per heavy atom. The van der Waals surface area contributed by atoms with E-state index in [0.717, 1.165) is 5.56 Å². The maximum atomic E-state index is 13.0. The number of fused-ring (bicyclic) bond motifs is 1. The smallest absolute Gasteiger partial charge is 0.276 e. The SMILES string of the molecule is Cc1cc(NCC(F)(F)CN)n2ncnc2c1. The maximum absolute atomic E-state index is 13.0. The number of pyridine rings is 1. The quantitative estimate of drug-likeness (QED) is 0.839. The van der Waals surface area contributed by atoms with Crippen LogP contribution < -0.4 is 11.1 Å². The fourth-order valence-corrected chi connectivity index (χ4v) is 1.47. The molecule has 0 bridgehead atoms. The zero-order valence-electron chi connectivity index (χ0n) is 9.32. The zero-order chi connectivity index (χ0) is 12.5. The molecule has 0 aliphatic carbocycles. The van der Waals surface area contributed by atoms with Gasteiger partial charge in [0.25, 0.3) is 5.92 Å². The molecule has 7 heteroatoms. The second kappa shape index (κ2) is 4.25. The number of anilines is 1. The molecule has 2 rings (SSSR count). The number of hydrogen-bond donors (Lipinski definition) is 2. The second-order valence-electron chi connectivity index (χ2n) is 3.86. The van der Waals surface area contributed by atoms with Crippen LogP contribution >= 0.6 is 0 Å². The number of aromatic nitrogens is 3. The summed E-state index contributed by atoms with van der Waals surface area (Å²) in [5.74, 6) is -2.46. The Bertz CT molecular complexity index is 522. The van der Waals surface area contributed by atoms with Crippen molar-refractivity contribution in [2.45, 2.75) is 12.8 Å². The number of halogens is 2. The Balaban J connectivity index is 2.26. The van der Waals surface area contributed by atoms with Gasteiger partial charge in [0.2, 0.25) is 0 Å². The number of rotatable bonds is 4. The number of alkyl halides is 2. The van der Waals surface area contributed by atoms with Crippen LogP contribution in [-0.4, -0.2) is 33.6 Å². The molecule has 92 valence electrons. The van der Waals surface area contributed by atoms with Crippen molar-refractivity contribution in [3.05, 3.63) is 24.0 Å². The summed E-state index contributed by atoms with van der Waals surface area (Å²) in [6, 6.07) is 3.55. The molecule has 0 aromatic carbocycles. The minimum absolute atomic E-state index is 0.477. The third-order valence-electron chi connectivity index (χ3n) is 2.35.